The summed E-state index contributed by atoms with van der Waals surface area (Å²) in [7, 11) is 0. The number of urea groups is 1. The van der Waals surface area contributed by atoms with Crippen molar-refractivity contribution in [1.29, 1.82) is 0 Å². The van der Waals surface area contributed by atoms with Gasteiger partial charge < -0.3 is 14.6 Å². The van der Waals surface area contributed by atoms with E-state index in [1.807, 2.05) is 69.5 Å². The molecule has 0 unspecified atom stereocenters. The summed E-state index contributed by atoms with van der Waals surface area (Å²) in [5.41, 5.74) is 2.94. The van der Waals surface area contributed by atoms with Gasteiger partial charge in [0.15, 0.2) is 0 Å². The smallest absolute Gasteiger partial charge is 0.342 e. The second kappa shape index (κ2) is 9.49. The molecule has 3 rings (SSSR count). The van der Waals surface area contributed by atoms with Crippen LogP contribution < -0.4 is 10.6 Å². The highest BCUT2D eigenvalue weighted by molar-refractivity contribution is 6.30. The van der Waals surface area contributed by atoms with Crippen LogP contribution in [-0.2, 0) is 11.3 Å². The third-order valence-corrected chi connectivity index (χ3v) is 5.20. The molecule has 0 radical (unpaired) electrons. The number of hydrogen-bond donors (Lipinski definition) is 2. The van der Waals surface area contributed by atoms with E-state index in [0.717, 1.165) is 16.8 Å². The number of benzene rings is 2. The van der Waals surface area contributed by atoms with Gasteiger partial charge in [-0.2, -0.15) is 0 Å². The van der Waals surface area contributed by atoms with Crippen molar-refractivity contribution in [2.24, 2.45) is 0 Å². The Balaban J connectivity index is 1.99. The van der Waals surface area contributed by atoms with E-state index in [2.05, 4.69) is 10.6 Å². The molecule has 6 nitrogen and oxygen atoms in total. The van der Waals surface area contributed by atoms with E-state index in [1.54, 1.807) is 24.3 Å². The van der Waals surface area contributed by atoms with Gasteiger partial charge in [-0.1, -0.05) is 41.9 Å². The molecular formula is C25H28ClN3O3. The number of halogens is 1. The topological polar surface area (TPSA) is 72.4 Å². The molecule has 1 heterocycles. The molecular weight excluding hydrogens is 426 g/mol. The molecule has 7 heteroatoms. The first-order valence-corrected chi connectivity index (χ1v) is 10.7. The first-order valence-electron chi connectivity index (χ1n) is 10.4. The number of esters is 1. The molecule has 2 N–H and O–H groups in total. The van der Waals surface area contributed by atoms with E-state index in [0.29, 0.717) is 28.6 Å². The maximum absolute atomic E-state index is 13.1. The summed E-state index contributed by atoms with van der Waals surface area (Å²) in [5.74, 6) is -0.0868. The molecule has 0 bridgehead atoms. The third kappa shape index (κ3) is 5.71. The highest BCUT2D eigenvalue weighted by Crippen LogP contribution is 2.30. The van der Waals surface area contributed by atoms with Crippen LogP contribution in [0.4, 0.5) is 16.3 Å². The number of amides is 2. The highest BCUT2D eigenvalue weighted by atomic mass is 35.5. The van der Waals surface area contributed by atoms with Gasteiger partial charge in [0, 0.05) is 22.9 Å². The van der Waals surface area contributed by atoms with E-state index < -0.39 is 17.6 Å². The van der Waals surface area contributed by atoms with Crippen molar-refractivity contribution in [3.63, 3.8) is 0 Å². The molecule has 3 aromatic rings. The molecule has 0 aliphatic rings. The van der Waals surface area contributed by atoms with Gasteiger partial charge in [0.25, 0.3) is 0 Å². The Morgan fingerprint density at radius 1 is 0.969 bits per heavy atom. The zero-order valence-corrected chi connectivity index (χ0v) is 19.7. The number of nitrogens with zero attached hydrogens (tertiary/aromatic N) is 1. The maximum atomic E-state index is 13.1. The summed E-state index contributed by atoms with van der Waals surface area (Å²) in [4.78, 5) is 25.9. The number of anilines is 2. The fourth-order valence-corrected chi connectivity index (χ4v) is 3.47. The van der Waals surface area contributed by atoms with Gasteiger partial charge in [-0.3, -0.25) is 5.32 Å². The summed E-state index contributed by atoms with van der Waals surface area (Å²) in [6.45, 7) is 9.72. The highest BCUT2D eigenvalue weighted by Gasteiger charge is 2.28. The summed E-state index contributed by atoms with van der Waals surface area (Å²) >= 11 is 5.92. The first kappa shape index (κ1) is 23.4. The molecule has 2 amide bonds. The second-order valence-electron chi connectivity index (χ2n) is 8.59. The summed E-state index contributed by atoms with van der Waals surface area (Å²) in [6.07, 6.45) is 0. The number of rotatable bonds is 5. The minimum Gasteiger partial charge on any atom is -0.456 e. The zero-order valence-electron chi connectivity index (χ0n) is 19.0. The van der Waals surface area contributed by atoms with Crippen molar-refractivity contribution < 1.29 is 14.3 Å². The van der Waals surface area contributed by atoms with Crippen molar-refractivity contribution in [1.82, 2.24) is 4.57 Å². The maximum Gasteiger partial charge on any atom is 0.342 e. The lowest BCUT2D eigenvalue weighted by molar-refractivity contribution is 0.00701. The predicted molar refractivity (Wildman–Crippen MR) is 129 cm³/mol. The number of carbonyl (C=O) groups excluding carboxylic acids is 2. The fraction of sp³-hybridized carbons (Fsp3) is 0.280. The normalized spacial score (nSPS) is 11.2. The molecule has 0 aliphatic carbocycles. The van der Waals surface area contributed by atoms with Crippen LogP contribution in [0.1, 0.15) is 48.0 Å². The van der Waals surface area contributed by atoms with Gasteiger partial charge in [-0.05, 0) is 70.0 Å². The van der Waals surface area contributed by atoms with Crippen molar-refractivity contribution in [3.8, 4) is 0 Å². The Labute approximate surface area is 193 Å². The van der Waals surface area contributed by atoms with Crippen LogP contribution >= 0.6 is 11.6 Å². The predicted octanol–water partition coefficient (Wildman–Crippen LogP) is 6.41. The van der Waals surface area contributed by atoms with Crippen molar-refractivity contribution in [2.75, 3.05) is 10.6 Å². The first-order chi connectivity index (χ1) is 15.0. The lowest BCUT2D eigenvalue weighted by Crippen LogP contribution is -2.27. The van der Waals surface area contributed by atoms with E-state index in [4.69, 9.17) is 16.3 Å². The number of carbonyl (C=O) groups is 2. The lowest BCUT2D eigenvalue weighted by Gasteiger charge is -2.20. The molecule has 32 heavy (non-hydrogen) atoms. The van der Waals surface area contributed by atoms with Crippen molar-refractivity contribution in [3.05, 3.63) is 82.0 Å². The fourth-order valence-electron chi connectivity index (χ4n) is 3.34. The molecule has 0 fully saturated rings. The molecule has 168 valence electrons. The van der Waals surface area contributed by atoms with Gasteiger partial charge in [0.1, 0.15) is 17.0 Å². The average molecular weight is 454 g/mol. The van der Waals surface area contributed by atoms with Crippen LogP contribution in [0.2, 0.25) is 5.02 Å². The monoisotopic (exact) mass is 453 g/mol. The van der Waals surface area contributed by atoms with Gasteiger partial charge in [-0.15, -0.1) is 0 Å². The van der Waals surface area contributed by atoms with Crippen LogP contribution in [0, 0.1) is 13.8 Å². The molecule has 2 aromatic carbocycles. The lowest BCUT2D eigenvalue weighted by atomic mass is 10.1. The van der Waals surface area contributed by atoms with Gasteiger partial charge in [0.2, 0.25) is 0 Å². The summed E-state index contributed by atoms with van der Waals surface area (Å²) < 4.78 is 7.56. The Morgan fingerprint density at radius 2 is 1.59 bits per heavy atom. The molecule has 0 aliphatic heterocycles. The van der Waals surface area contributed by atoms with Gasteiger partial charge in [0.05, 0.1) is 0 Å². The molecule has 0 saturated heterocycles. The molecule has 0 atom stereocenters. The second-order valence-corrected chi connectivity index (χ2v) is 9.03. The quantitative estimate of drug-likeness (QED) is 0.438. The molecule has 0 spiro atoms. The average Bonchev–Trinajstić information content (AvgIpc) is 2.93. The van der Waals surface area contributed by atoms with Crippen LogP contribution in [0.15, 0.2) is 54.6 Å². The largest absolute Gasteiger partial charge is 0.456 e. The van der Waals surface area contributed by atoms with E-state index in [1.165, 1.54) is 0 Å². The van der Waals surface area contributed by atoms with Crippen LogP contribution in [0.25, 0.3) is 0 Å². The van der Waals surface area contributed by atoms with Gasteiger partial charge >= 0.3 is 12.0 Å². The number of nitrogens with one attached hydrogen (secondary N) is 2. The Morgan fingerprint density at radius 3 is 2.19 bits per heavy atom. The van der Waals surface area contributed by atoms with Crippen LogP contribution in [-0.4, -0.2) is 22.2 Å². The Kier molecular flexibility index (Phi) is 6.94. The summed E-state index contributed by atoms with van der Waals surface area (Å²) in [5, 5.41) is 6.22. The molecule has 0 saturated carbocycles. The number of aromatic nitrogens is 1. The van der Waals surface area contributed by atoms with Crippen molar-refractivity contribution in [2.45, 2.75) is 46.8 Å². The Bertz CT molecular complexity index is 1110. The van der Waals surface area contributed by atoms with E-state index >= 15 is 0 Å². The van der Waals surface area contributed by atoms with Crippen LogP contribution in [0.3, 0.4) is 0 Å². The number of hydrogen-bond acceptors (Lipinski definition) is 3. The number of ether oxygens (including phenoxy) is 1. The van der Waals surface area contributed by atoms with Crippen LogP contribution in [0.5, 0.6) is 0 Å². The SMILES string of the molecule is Cc1c(C(=O)OC(C)(C)C)c(NC(=O)Nc2ccc(Cl)cc2)n(Cc2ccccc2)c1C. The Hall–Kier alpha value is -3.25. The molecule has 1 aromatic heterocycles. The van der Waals surface area contributed by atoms with E-state index in [-0.39, 0.29) is 0 Å². The van der Waals surface area contributed by atoms with E-state index in [9.17, 15) is 9.59 Å². The zero-order chi connectivity index (χ0) is 23.5. The summed E-state index contributed by atoms with van der Waals surface area (Å²) in [6, 6.07) is 16.2. The minimum absolute atomic E-state index is 0.347. The van der Waals surface area contributed by atoms with Gasteiger partial charge in [-0.25, -0.2) is 9.59 Å². The third-order valence-electron chi connectivity index (χ3n) is 4.95. The standard InChI is InChI=1S/C25H28ClN3O3/c1-16-17(2)29(15-18-9-7-6-8-10-18)22(21(16)23(30)32-25(3,4)5)28-24(31)27-20-13-11-19(26)12-14-20/h6-14H,15H2,1-5H3,(H2,27,28,31). The van der Waals surface area contributed by atoms with Crippen molar-refractivity contribution >= 4 is 35.1 Å². The minimum atomic E-state index is -0.665.